The summed E-state index contributed by atoms with van der Waals surface area (Å²) in [4.78, 5) is 2.53. The summed E-state index contributed by atoms with van der Waals surface area (Å²) in [5.74, 6) is 1.60. The zero-order chi connectivity index (χ0) is 16.8. The van der Waals surface area contributed by atoms with Gasteiger partial charge < -0.3 is 14.8 Å². The summed E-state index contributed by atoms with van der Waals surface area (Å²) in [6, 6.07) is 17.2. The van der Waals surface area contributed by atoms with Gasteiger partial charge in [0.2, 0.25) is 0 Å². The average molecular weight is 326 g/mol. The van der Waals surface area contributed by atoms with E-state index < -0.39 is 0 Å². The summed E-state index contributed by atoms with van der Waals surface area (Å²) < 4.78 is 11.2. The lowest BCUT2D eigenvalue weighted by molar-refractivity contribution is 0.198. The van der Waals surface area contributed by atoms with Crippen molar-refractivity contribution in [3.8, 4) is 11.5 Å². The number of benzene rings is 2. The van der Waals surface area contributed by atoms with Gasteiger partial charge in [-0.25, -0.2) is 0 Å². The highest BCUT2D eigenvalue weighted by molar-refractivity contribution is 5.46. The molecule has 1 saturated heterocycles. The summed E-state index contributed by atoms with van der Waals surface area (Å²) in [6.07, 6.45) is 0. The normalized spacial score (nSPS) is 16.6. The van der Waals surface area contributed by atoms with Gasteiger partial charge in [0.05, 0.1) is 19.8 Å². The Morgan fingerprint density at radius 1 is 1.00 bits per heavy atom. The third kappa shape index (κ3) is 3.71. The molecule has 1 fully saturated rings. The number of hydrogen-bond donors (Lipinski definition) is 1. The van der Waals surface area contributed by atoms with Gasteiger partial charge in [-0.05, 0) is 30.2 Å². The molecule has 1 atom stereocenters. The van der Waals surface area contributed by atoms with Crippen LogP contribution in [0.1, 0.15) is 24.1 Å². The first-order valence-electron chi connectivity index (χ1n) is 8.64. The van der Waals surface area contributed by atoms with Crippen LogP contribution < -0.4 is 14.8 Å². The van der Waals surface area contributed by atoms with E-state index in [4.69, 9.17) is 9.47 Å². The summed E-state index contributed by atoms with van der Waals surface area (Å²) >= 11 is 0. The highest BCUT2D eigenvalue weighted by Crippen LogP contribution is 2.35. The fourth-order valence-corrected chi connectivity index (χ4v) is 3.32. The number of nitrogens with zero attached hydrogens (tertiary/aromatic N) is 1. The molecule has 0 aromatic heterocycles. The predicted octanol–water partition coefficient (Wildman–Crippen LogP) is 3.09. The second kappa shape index (κ2) is 8.18. The van der Waals surface area contributed by atoms with Crippen molar-refractivity contribution in [3.05, 3.63) is 59.7 Å². The summed E-state index contributed by atoms with van der Waals surface area (Å²) in [5, 5.41) is 3.44. The second-order valence-corrected chi connectivity index (χ2v) is 5.94. The Labute approximate surface area is 144 Å². The minimum atomic E-state index is 0.235. The molecule has 0 aliphatic carbocycles. The highest BCUT2D eigenvalue weighted by atomic mass is 16.5. The Bertz CT molecular complexity index is 639. The predicted molar refractivity (Wildman–Crippen MR) is 96.9 cm³/mol. The van der Waals surface area contributed by atoms with Crippen molar-refractivity contribution in [2.75, 3.05) is 39.9 Å². The molecular formula is C20H26N2O2. The third-order valence-corrected chi connectivity index (χ3v) is 4.44. The topological polar surface area (TPSA) is 33.7 Å². The fraction of sp³-hybridized carbons (Fsp3) is 0.400. The molecule has 3 rings (SSSR count). The van der Waals surface area contributed by atoms with Crippen LogP contribution >= 0.6 is 0 Å². The molecular weight excluding hydrogens is 300 g/mol. The molecule has 0 amide bonds. The summed E-state index contributed by atoms with van der Waals surface area (Å²) in [6.45, 7) is 6.75. The molecule has 2 aromatic carbocycles. The molecule has 0 spiro atoms. The summed E-state index contributed by atoms with van der Waals surface area (Å²) in [7, 11) is 1.68. The van der Waals surface area contributed by atoms with Crippen molar-refractivity contribution in [1.29, 1.82) is 0 Å². The zero-order valence-electron chi connectivity index (χ0n) is 14.5. The van der Waals surface area contributed by atoms with Crippen LogP contribution in [0.3, 0.4) is 0 Å². The standard InChI is InChI=1S/C20H26N2O2/c1-3-24-19-15-17(9-10-18(19)23-2)20(16-7-5-4-6-8-16)22-13-11-21-12-14-22/h4-10,15,20-21H,3,11-14H2,1-2H3. The van der Waals surface area contributed by atoms with Crippen molar-refractivity contribution >= 4 is 0 Å². The molecule has 4 nitrogen and oxygen atoms in total. The van der Waals surface area contributed by atoms with Crippen LogP contribution in [0.15, 0.2) is 48.5 Å². The lowest BCUT2D eigenvalue weighted by Gasteiger charge is -2.35. The molecule has 1 heterocycles. The van der Waals surface area contributed by atoms with E-state index in [0.717, 1.165) is 37.7 Å². The Balaban J connectivity index is 2.00. The van der Waals surface area contributed by atoms with Crippen LogP contribution in [0.4, 0.5) is 0 Å². The molecule has 0 radical (unpaired) electrons. The van der Waals surface area contributed by atoms with Crippen LogP contribution in [0.5, 0.6) is 11.5 Å². The quantitative estimate of drug-likeness (QED) is 0.884. The van der Waals surface area contributed by atoms with Gasteiger partial charge in [0.25, 0.3) is 0 Å². The minimum Gasteiger partial charge on any atom is -0.493 e. The number of methoxy groups -OCH3 is 1. The first-order valence-corrected chi connectivity index (χ1v) is 8.64. The Kier molecular flexibility index (Phi) is 5.72. The monoisotopic (exact) mass is 326 g/mol. The smallest absolute Gasteiger partial charge is 0.161 e. The number of hydrogen-bond acceptors (Lipinski definition) is 4. The molecule has 1 unspecified atom stereocenters. The van der Waals surface area contributed by atoms with Crippen molar-refractivity contribution in [2.24, 2.45) is 0 Å². The Hall–Kier alpha value is -2.04. The molecule has 128 valence electrons. The molecule has 4 heteroatoms. The van der Waals surface area contributed by atoms with Gasteiger partial charge in [-0.3, -0.25) is 4.90 Å². The Morgan fingerprint density at radius 3 is 2.42 bits per heavy atom. The SMILES string of the molecule is CCOc1cc(C(c2ccccc2)N2CCNCC2)ccc1OC. The zero-order valence-corrected chi connectivity index (χ0v) is 14.5. The van der Waals surface area contributed by atoms with Crippen molar-refractivity contribution < 1.29 is 9.47 Å². The van der Waals surface area contributed by atoms with E-state index >= 15 is 0 Å². The maximum atomic E-state index is 5.79. The molecule has 1 aliphatic heterocycles. The van der Waals surface area contributed by atoms with Crippen LogP contribution in [-0.4, -0.2) is 44.8 Å². The van der Waals surface area contributed by atoms with Gasteiger partial charge >= 0.3 is 0 Å². The van der Waals surface area contributed by atoms with Gasteiger partial charge in [0.1, 0.15) is 0 Å². The van der Waals surface area contributed by atoms with E-state index in [1.807, 2.05) is 13.0 Å². The number of ether oxygens (including phenoxy) is 2. The molecule has 2 aromatic rings. The number of piperazine rings is 1. The second-order valence-electron chi connectivity index (χ2n) is 5.94. The molecule has 24 heavy (non-hydrogen) atoms. The van der Waals surface area contributed by atoms with E-state index in [9.17, 15) is 0 Å². The van der Waals surface area contributed by atoms with Crippen LogP contribution in [0, 0.1) is 0 Å². The third-order valence-electron chi connectivity index (χ3n) is 4.44. The highest BCUT2D eigenvalue weighted by Gasteiger charge is 2.24. The Morgan fingerprint density at radius 2 is 1.75 bits per heavy atom. The molecule has 1 N–H and O–H groups in total. The van der Waals surface area contributed by atoms with E-state index in [-0.39, 0.29) is 6.04 Å². The van der Waals surface area contributed by atoms with Gasteiger partial charge in [0.15, 0.2) is 11.5 Å². The lowest BCUT2D eigenvalue weighted by atomic mass is 9.96. The van der Waals surface area contributed by atoms with E-state index in [2.05, 4.69) is 52.7 Å². The van der Waals surface area contributed by atoms with Gasteiger partial charge in [-0.2, -0.15) is 0 Å². The van der Waals surface area contributed by atoms with Crippen molar-refractivity contribution in [2.45, 2.75) is 13.0 Å². The van der Waals surface area contributed by atoms with E-state index in [0.29, 0.717) is 6.61 Å². The van der Waals surface area contributed by atoms with Crippen molar-refractivity contribution in [1.82, 2.24) is 10.2 Å². The van der Waals surface area contributed by atoms with Crippen molar-refractivity contribution in [3.63, 3.8) is 0 Å². The first-order chi connectivity index (χ1) is 11.8. The van der Waals surface area contributed by atoms with Crippen LogP contribution in [0.2, 0.25) is 0 Å². The lowest BCUT2D eigenvalue weighted by Crippen LogP contribution is -2.45. The fourth-order valence-electron chi connectivity index (χ4n) is 3.32. The van der Waals surface area contributed by atoms with Gasteiger partial charge in [-0.1, -0.05) is 36.4 Å². The van der Waals surface area contributed by atoms with Crippen LogP contribution in [0.25, 0.3) is 0 Å². The number of nitrogens with one attached hydrogen (secondary N) is 1. The van der Waals surface area contributed by atoms with Crippen LogP contribution in [-0.2, 0) is 0 Å². The molecule has 0 bridgehead atoms. The molecule has 0 saturated carbocycles. The number of rotatable bonds is 6. The van der Waals surface area contributed by atoms with Gasteiger partial charge in [0, 0.05) is 26.2 Å². The van der Waals surface area contributed by atoms with E-state index in [1.165, 1.54) is 11.1 Å². The molecule has 1 aliphatic rings. The largest absolute Gasteiger partial charge is 0.493 e. The van der Waals surface area contributed by atoms with Gasteiger partial charge in [-0.15, -0.1) is 0 Å². The summed E-state index contributed by atoms with van der Waals surface area (Å²) in [5.41, 5.74) is 2.55. The maximum Gasteiger partial charge on any atom is 0.161 e. The maximum absolute atomic E-state index is 5.79. The minimum absolute atomic E-state index is 0.235. The average Bonchev–Trinajstić information content (AvgIpc) is 2.64. The van der Waals surface area contributed by atoms with E-state index in [1.54, 1.807) is 7.11 Å². The first kappa shape index (κ1) is 16.8.